The van der Waals surface area contributed by atoms with Crippen LogP contribution in [0.15, 0.2) is 40.7 Å². The number of carbonyl (C=O) groups excluding carboxylic acids is 3. The number of hydrogen-bond acceptors (Lipinski definition) is 8. The molecule has 0 radical (unpaired) electrons. The molecule has 4 heterocycles. The van der Waals surface area contributed by atoms with Gasteiger partial charge in [-0.3, -0.25) is 14.4 Å². The van der Waals surface area contributed by atoms with E-state index in [-0.39, 0.29) is 29.9 Å². The summed E-state index contributed by atoms with van der Waals surface area (Å²) in [5.74, 6) is -1.05. The maximum atomic E-state index is 13.2. The molecule has 0 spiro atoms. The number of fused-ring (bicyclic) bond motifs is 1. The second-order valence-electron chi connectivity index (χ2n) is 9.54. The van der Waals surface area contributed by atoms with Gasteiger partial charge in [-0.15, -0.1) is 22.7 Å². The van der Waals surface area contributed by atoms with Crippen LogP contribution in [0.3, 0.4) is 0 Å². The highest BCUT2D eigenvalue weighted by molar-refractivity contribution is 7.89. The van der Waals surface area contributed by atoms with Crippen LogP contribution in [-0.2, 0) is 19.6 Å². The minimum atomic E-state index is -3.94. The molecule has 198 valence electrons. The third-order valence-corrected chi connectivity index (χ3v) is 9.94. The Labute approximate surface area is 224 Å². The van der Waals surface area contributed by atoms with Crippen molar-refractivity contribution >= 4 is 59.7 Å². The summed E-state index contributed by atoms with van der Waals surface area (Å²) in [7, 11) is -3.94. The maximum Gasteiger partial charge on any atom is 0.262 e. The van der Waals surface area contributed by atoms with Crippen LogP contribution in [0.25, 0.3) is 9.40 Å². The van der Waals surface area contributed by atoms with Crippen molar-refractivity contribution in [1.29, 1.82) is 0 Å². The molecular weight excluding hydrogens is 532 g/mol. The number of nitrogens with one attached hydrogen (secondary N) is 2. The quantitative estimate of drug-likeness (QED) is 0.434. The molecule has 1 unspecified atom stereocenters. The zero-order valence-electron chi connectivity index (χ0n) is 20.9. The van der Waals surface area contributed by atoms with Crippen LogP contribution in [0.4, 0.5) is 0 Å². The Morgan fingerprint density at radius 2 is 2.00 bits per heavy atom. The SMILES string of the molecule is Cc1cccc(S(=O)(=O)N2CCCC(NC(=O)[C@H](CC(C)C)NC(=O)c3cc4sccc4s3)C(=O)C2)n1. The summed E-state index contributed by atoms with van der Waals surface area (Å²) in [5, 5.41) is 7.47. The van der Waals surface area contributed by atoms with Gasteiger partial charge in [0, 0.05) is 21.6 Å². The molecule has 1 aliphatic heterocycles. The molecule has 0 saturated carbocycles. The standard InChI is InChI=1S/C25H30N4O5S3/c1-15(2)12-18(28-25(32)22-13-21-20(36-22)9-11-35-21)24(31)27-17-7-5-10-29(14-19(17)30)37(33,34)23-8-4-6-16(3)26-23/h4,6,8-9,11,13,15,17-18H,5,7,10,12,14H2,1-3H3,(H,27,31)(H,28,32)/t17?,18-/m0/s1. The van der Waals surface area contributed by atoms with Gasteiger partial charge in [-0.25, -0.2) is 13.4 Å². The maximum absolute atomic E-state index is 13.2. The molecule has 3 aromatic heterocycles. The number of aromatic nitrogens is 1. The summed E-state index contributed by atoms with van der Waals surface area (Å²) in [6.07, 6.45) is 1.11. The summed E-state index contributed by atoms with van der Waals surface area (Å²) < 4.78 is 29.3. The van der Waals surface area contributed by atoms with E-state index >= 15 is 0 Å². The fourth-order valence-corrected chi connectivity index (χ4v) is 7.68. The van der Waals surface area contributed by atoms with Gasteiger partial charge in [0.05, 0.1) is 17.5 Å². The summed E-state index contributed by atoms with van der Waals surface area (Å²) >= 11 is 2.92. The highest BCUT2D eigenvalue weighted by Gasteiger charge is 2.35. The van der Waals surface area contributed by atoms with Crippen molar-refractivity contribution in [2.75, 3.05) is 13.1 Å². The van der Waals surface area contributed by atoms with Crippen molar-refractivity contribution in [3.8, 4) is 0 Å². The molecule has 0 bridgehead atoms. The van der Waals surface area contributed by atoms with E-state index in [2.05, 4.69) is 15.6 Å². The van der Waals surface area contributed by atoms with Crippen LogP contribution in [0, 0.1) is 12.8 Å². The number of hydrogen-bond donors (Lipinski definition) is 2. The molecule has 2 amide bonds. The van der Waals surface area contributed by atoms with Gasteiger partial charge in [0.2, 0.25) is 5.91 Å². The first-order chi connectivity index (χ1) is 17.5. The van der Waals surface area contributed by atoms with E-state index in [1.807, 2.05) is 31.4 Å². The van der Waals surface area contributed by atoms with Crippen LogP contribution in [0.5, 0.6) is 0 Å². The van der Waals surface area contributed by atoms with Gasteiger partial charge in [0.15, 0.2) is 10.8 Å². The van der Waals surface area contributed by atoms with Crippen LogP contribution >= 0.6 is 22.7 Å². The second-order valence-corrected chi connectivity index (χ2v) is 13.5. The molecule has 0 aromatic carbocycles. The van der Waals surface area contributed by atoms with E-state index in [1.54, 1.807) is 30.4 Å². The van der Waals surface area contributed by atoms with Gasteiger partial charge in [0.25, 0.3) is 15.9 Å². The van der Waals surface area contributed by atoms with Crippen LogP contribution in [0.1, 0.15) is 48.5 Å². The summed E-state index contributed by atoms with van der Waals surface area (Å²) in [4.78, 5) is 43.8. The van der Waals surface area contributed by atoms with Gasteiger partial charge in [-0.2, -0.15) is 4.31 Å². The minimum Gasteiger partial charge on any atom is -0.344 e. The number of aryl methyl sites for hydroxylation is 1. The Bertz CT molecular complexity index is 1380. The molecule has 3 aromatic rings. The van der Waals surface area contributed by atoms with Crippen molar-refractivity contribution in [2.45, 2.75) is 57.1 Å². The average molecular weight is 563 g/mol. The van der Waals surface area contributed by atoms with E-state index < -0.39 is 33.8 Å². The zero-order valence-corrected chi connectivity index (χ0v) is 23.3. The number of sulfonamides is 1. The Kier molecular flexibility index (Phi) is 8.42. The number of pyridine rings is 1. The molecule has 12 heteroatoms. The van der Waals surface area contributed by atoms with Crippen molar-refractivity contribution in [2.24, 2.45) is 5.92 Å². The Balaban J connectivity index is 1.43. The third-order valence-electron chi connectivity index (χ3n) is 6.10. The average Bonchev–Trinajstić information content (AvgIpc) is 3.39. The Morgan fingerprint density at radius 1 is 1.22 bits per heavy atom. The molecule has 2 atom stereocenters. The van der Waals surface area contributed by atoms with Crippen LogP contribution < -0.4 is 10.6 Å². The van der Waals surface area contributed by atoms with E-state index in [9.17, 15) is 22.8 Å². The monoisotopic (exact) mass is 562 g/mol. The lowest BCUT2D eigenvalue weighted by atomic mass is 10.0. The van der Waals surface area contributed by atoms with Gasteiger partial charge in [-0.1, -0.05) is 19.9 Å². The van der Waals surface area contributed by atoms with Crippen molar-refractivity contribution < 1.29 is 22.8 Å². The number of amides is 2. The summed E-state index contributed by atoms with van der Waals surface area (Å²) in [6.45, 7) is 5.40. The topological polar surface area (TPSA) is 126 Å². The molecule has 4 rings (SSSR count). The van der Waals surface area contributed by atoms with Gasteiger partial charge < -0.3 is 10.6 Å². The van der Waals surface area contributed by atoms with Crippen LogP contribution in [-0.4, -0.2) is 60.5 Å². The molecule has 2 N–H and O–H groups in total. The smallest absolute Gasteiger partial charge is 0.262 e. The lowest BCUT2D eigenvalue weighted by molar-refractivity contribution is -0.129. The van der Waals surface area contributed by atoms with Gasteiger partial charge in [0.1, 0.15) is 6.04 Å². The van der Waals surface area contributed by atoms with Crippen molar-refractivity contribution in [3.63, 3.8) is 0 Å². The predicted octanol–water partition coefficient (Wildman–Crippen LogP) is 3.35. The first-order valence-corrected chi connectivity index (χ1v) is 15.2. The molecule has 9 nitrogen and oxygen atoms in total. The Morgan fingerprint density at radius 3 is 2.70 bits per heavy atom. The second kappa shape index (κ2) is 11.4. The summed E-state index contributed by atoms with van der Waals surface area (Å²) in [6, 6.07) is 6.84. The molecule has 0 aliphatic carbocycles. The molecule has 1 saturated heterocycles. The fraction of sp³-hybridized carbons (Fsp3) is 0.440. The van der Waals surface area contributed by atoms with Crippen molar-refractivity contribution in [1.82, 2.24) is 19.9 Å². The fourth-order valence-electron chi connectivity index (χ4n) is 4.23. The summed E-state index contributed by atoms with van der Waals surface area (Å²) in [5.41, 5.74) is 0.563. The largest absolute Gasteiger partial charge is 0.344 e. The highest BCUT2D eigenvalue weighted by atomic mass is 32.2. The number of Topliss-reactive ketones (excluding diaryl/α,β-unsaturated/α-hetero) is 1. The minimum absolute atomic E-state index is 0.101. The van der Waals surface area contributed by atoms with Crippen LogP contribution in [0.2, 0.25) is 0 Å². The normalized spacial score (nSPS) is 18.1. The number of ketones is 1. The highest BCUT2D eigenvalue weighted by Crippen LogP contribution is 2.30. The predicted molar refractivity (Wildman–Crippen MR) is 144 cm³/mol. The third kappa shape index (κ3) is 6.43. The van der Waals surface area contributed by atoms with Gasteiger partial charge >= 0.3 is 0 Å². The van der Waals surface area contributed by atoms with E-state index in [0.29, 0.717) is 29.8 Å². The lowest BCUT2D eigenvalue weighted by Gasteiger charge is -2.23. The van der Waals surface area contributed by atoms with Crippen molar-refractivity contribution in [3.05, 3.63) is 46.3 Å². The Hall–Kier alpha value is -2.67. The van der Waals surface area contributed by atoms with E-state index in [1.165, 1.54) is 17.4 Å². The first kappa shape index (κ1) is 27.4. The number of rotatable bonds is 8. The van der Waals surface area contributed by atoms with E-state index in [0.717, 1.165) is 13.7 Å². The lowest BCUT2D eigenvalue weighted by Crippen LogP contribution is -2.52. The first-order valence-electron chi connectivity index (χ1n) is 12.1. The molecule has 37 heavy (non-hydrogen) atoms. The number of thiophene rings is 2. The zero-order chi connectivity index (χ0) is 26.7. The number of nitrogens with zero attached hydrogens (tertiary/aromatic N) is 2. The number of carbonyl (C=O) groups is 3. The molecular formula is C25H30N4O5S3. The van der Waals surface area contributed by atoms with Gasteiger partial charge in [-0.05, 0) is 61.7 Å². The molecule has 1 fully saturated rings. The van der Waals surface area contributed by atoms with E-state index in [4.69, 9.17) is 0 Å². The molecule has 1 aliphatic rings.